The first kappa shape index (κ1) is 20.7. The van der Waals surface area contributed by atoms with Gasteiger partial charge in [-0.15, -0.1) is 0 Å². The number of hydrogen-bond donors (Lipinski definition) is 2. The first-order chi connectivity index (χ1) is 14.5. The van der Waals surface area contributed by atoms with Gasteiger partial charge in [-0.05, 0) is 37.8 Å². The minimum atomic E-state index is -4.59. The van der Waals surface area contributed by atoms with Crippen LogP contribution in [0, 0.1) is 11.8 Å². The van der Waals surface area contributed by atoms with E-state index in [2.05, 4.69) is 15.0 Å². The zero-order chi connectivity index (χ0) is 22.1. The third-order valence-electron chi connectivity index (χ3n) is 6.57. The maximum atomic E-state index is 13.3. The molecule has 10 heteroatoms. The van der Waals surface area contributed by atoms with Crippen LogP contribution in [-0.2, 0) is 17.5 Å². The molecule has 2 aromatic rings. The van der Waals surface area contributed by atoms with Gasteiger partial charge in [0.1, 0.15) is 5.82 Å². The van der Waals surface area contributed by atoms with Crippen molar-refractivity contribution in [1.29, 1.82) is 0 Å². The van der Waals surface area contributed by atoms with E-state index >= 15 is 0 Å². The SMILES string of the molecule is CC(C)(O)Cn1nc(-c2cnc(N)c(C(F)(F)F)c2)cc1C1[C@H]2CN(C3COC3)C[C@@H]12. The molecule has 168 valence electrons. The van der Waals surface area contributed by atoms with Crippen LogP contribution in [0.3, 0.4) is 0 Å². The number of piperidine rings is 1. The minimum Gasteiger partial charge on any atom is -0.389 e. The largest absolute Gasteiger partial charge is 0.419 e. The average molecular weight is 437 g/mol. The number of ether oxygens (including phenoxy) is 1. The summed E-state index contributed by atoms with van der Waals surface area (Å²) in [4.78, 5) is 6.20. The third-order valence-corrected chi connectivity index (χ3v) is 6.57. The summed E-state index contributed by atoms with van der Waals surface area (Å²) in [5, 5.41) is 14.9. The molecule has 2 aromatic heterocycles. The van der Waals surface area contributed by atoms with Crippen molar-refractivity contribution in [3.8, 4) is 11.3 Å². The summed E-state index contributed by atoms with van der Waals surface area (Å²) < 4.78 is 46.9. The van der Waals surface area contributed by atoms with Crippen molar-refractivity contribution in [3.05, 3.63) is 29.6 Å². The maximum Gasteiger partial charge on any atom is 0.419 e. The van der Waals surface area contributed by atoms with Crippen LogP contribution in [0.25, 0.3) is 11.3 Å². The number of nitrogens with two attached hydrogens (primary N) is 1. The van der Waals surface area contributed by atoms with Gasteiger partial charge in [0.05, 0.1) is 42.7 Å². The Morgan fingerprint density at radius 2 is 1.87 bits per heavy atom. The fourth-order valence-electron chi connectivity index (χ4n) is 4.91. The van der Waals surface area contributed by atoms with Gasteiger partial charge in [-0.3, -0.25) is 9.58 Å². The smallest absolute Gasteiger partial charge is 0.389 e. The van der Waals surface area contributed by atoms with Gasteiger partial charge < -0.3 is 15.6 Å². The van der Waals surface area contributed by atoms with Crippen molar-refractivity contribution in [2.24, 2.45) is 11.8 Å². The highest BCUT2D eigenvalue weighted by Crippen LogP contribution is 2.59. The molecule has 0 aromatic carbocycles. The number of pyridine rings is 1. The van der Waals surface area contributed by atoms with Gasteiger partial charge >= 0.3 is 6.18 Å². The molecule has 1 unspecified atom stereocenters. The van der Waals surface area contributed by atoms with E-state index in [1.54, 1.807) is 18.5 Å². The summed E-state index contributed by atoms with van der Waals surface area (Å²) in [6.07, 6.45) is -3.27. The van der Waals surface area contributed by atoms with Gasteiger partial charge in [-0.2, -0.15) is 18.3 Å². The molecule has 0 amide bonds. The van der Waals surface area contributed by atoms with E-state index in [1.807, 2.05) is 6.07 Å². The van der Waals surface area contributed by atoms with Crippen LogP contribution in [0.15, 0.2) is 18.3 Å². The Morgan fingerprint density at radius 3 is 2.42 bits per heavy atom. The van der Waals surface area contributed by atoms with E-state index in [-0.39, 0.29) is 12.1 Å². The van der Waals surface area contributed by atoms with Crippen LogP contribution in [0.2, 0.25) is 0 Å². The number of aliphatic hydroxyl groups is 1. The molecule has 2 aliphatic heterocycles. The standard InChI is InChI=1S/C21H26F3N5O2/c1-20(2,30)10-29-17(18-13-6-28(7-14(13)18)12-8-31-9-12)4-16(27-29)11-3-15(21(22,23)24)19(25)26-5-11/h3-5,12-14,18,30H,6-10H2,1-2H3,(H2,25,26)/t13-,14+,18?. The molecular weight excluding hydrogens is 411 g/mol. The number of rotatable bonds is 5. The number of halogens is 3. The summed E-state index contributed by atoms with van der Waals surface area (Å²) in [6, 6.07) is 3.35. The highest BCUT2D eigenvalue weighted by Gasteiger charge is 2.58. The topological polar surface area (TPSA) is 89.4 Å². The summed E-state index contributed by atoms with van der Waals surface area (Å²) in [6.45, 7) is 7.20. The number of alkyl halides is 3. The molecule has 31 heavy (non-hydrogen) atoms. The molecule has 3 aliphatic rings. The van der Waals surface area contributed by atoms with Crippen molar-refractivity contribution in [1.82, 2.24) is 19.7 Å². The fraction of sp³-hybridized carbons (Fsp3) is 0.619. The highest BCUT2D eigenvalue weighted by molar-refractivity contribution is 5.63. The lowest BCUT2D eigenvalue weighted by Gasteiger charge is -2.35. The first-order valence-electron chi connectivity index (χ1n) is 10.5. The fourth-order valence-corrected chi connectivity index (χ4v) is 4.91. The van der Waals surface area contributed by atoms with E-state index in [0.717, 1.165) is 38.1 Å². The second kappa shape index (κ2) is 6.91. The second-order valence-corrected chi connectivity index (χ2v) is 9.58. The number of aromatic nitrogens is 3. The number of anilines is 1. The quantitative estimate of drug-likeness (QED) is 0.747. The highest BCUT2D eigenvalue weighted by atomic mass is 19.4. The maximum absolute atomic E-state index is 13.3. The van der Waals surface area contributed by atoms with Crippen molar-refractivity contribution < 1.29 is 23.0 Å². The van der Waals surface area contributed by atoms with Gasteiger partial charge in [-0.1, -0.05) is 0 Å². The predicted octanol–water partition coefficient (Wildman–Crippen LogP) is 2.36. The summed E-state index contributed by atoms with van der Waals surface area (Å²) in [7, 11) is 0. The van der Waals surface area contributed by atoms with Gasteiger partial charge in [0.15, 0.2) is 0 Å². The lowest BCUT2D eigenvalue weighted by atomic mass is 10.1. The van der Waals surface area contributed by atoms with Crippen LogP contribution in [-0.4, -0.2) is 62.7 Å². The van der Waals surface area contributed by atoms with Gasteiger partial charge in [0.25, 0.3) is 0 Å². The van der Waals surface area contributed by atoms with Crippen LogP contribution < -0.4 is 5.73 Å². The summed E-state index contributed by atoms with van der Waals surface area (Å²) in [5.41, 5.74) is 5.10. The van der Waals surface area contributed by atoms with Crippen molar-refractivity contribution in [2.45, 2.75) is 44.1 Å². The minimum absolute atomic E-state index is 0.257. The molecule has 3 atom stereocenters. The van der Waals surface area contributed by atoms with E-state index < -0.39 is 23.2 Å². The lowest BCUT2D eigenvalue weighted by Crippen LogP contribution is -2.48. The lowest BCUT2D eigenvalue weighted by molar-refractivity contribution is -0.137. The van der Waals surface area contributed by atoms with Gasteiger partial charge in [-0.25, -0.2) is 4.98 Å². The molecule has 7 nitrogen and oxygen atoms in total. The predicted molar refractivity (Wildman–Crippen MR) is 107 cm³/mol. The first-order valence-corrected chi connectivity index (χ1v) is 10.5. The zero-order valence-corrected chi connectivity index (χ0v) is 17.4. The molecule has 3 fully saturated rings. The number of likely N-dealkylation sites (tertiary alicyclic amines) is 1. The van der Waals surface area contributed by atoms with Gasteiger partial charge in [0, 0.05) is 36.5 Å². The normalized spacial score (nSPS) is 26.7. The van der Waals surface area contributed by atoms with Crippen LogP contribution in [0.1, 0.15) is 31.0 Å². The van der Waals surface area contributed by atoms with Crippen molar-refractivity contribution in [3.63, 3.8) is 0 Å². The molecule has 4 heterocycles. The molecule has 2 saturated heterocycles. The van der Waals surface area contributed by atoms with Gasteiger partial charge in [0.2, 0.25) is 0 Å². The molecule has 1 aliphatic carbocycles. The Labute approximate surface area is 178 Å². The van der Waals surface area contributed by atoms with E-state index in [4.69, 9.17) is 10.5 Å². The van der Waals surface area contributed by atoms with Crippen molar-refractivity contribution in [2.75, 3.05) is 32.0 Å². The van der Waals surface area contributed by atoms with E-state index in [0.29, 0.717) is 29.5 Å². The monoisotopic (exact) mass is 437 g/mol. The number of hydrogen-bond acceptors (Lipinski definition) is 6. The third kappa shape index (κ3) is 3.81. The summed E-state index contributed by atoms with van der Waals surface area (Å²) in [5.74, 6) is 0.746. The van der Waals surface area contributed by atoms with Crippen molar-refractivity contribution >= 4 is 5.82 Å². The molecular formula is C21H26F3N5O2. The summed E-state index contributed by atoms with van der Waals surface area (Å²) >= 11 is 0. The molecule has 1 saturated carbocycles. The molecule has 0 spiro atoms. The molecule has 0 radical (unpaired) electrons. The Morgan fingerprint density at radius 1 is 1.19 bits per heavy atom. The van der Waals surface area contributed by atoms with E-state index in [1.165, 1.54) is 6.20 Å². The Kier molecular flexibility index (Phi) is 4.62. The zero-order valence-electron chi connectivity index (χ0n) is 17.4. The number of fused-ring (bicyclic) bond motifs is 1. The Bertz CT molecular complexity index is 984. The molecule has 0 bridgehead atoms. The number of nitrogen functional groups attached to an aromatic ring is 1. The van der Waals surface area contributed by atoms with Crippen LogP contribution in [0.5, 0.6) is 0 Å². The van der Waals surface area contributed by atoms with E-state index in [9.17, 15) is 18.3 Å². The molecule has 5 rings (SSSR count). The Balaban J connectivity index is 1.45. The molecule has 3 N–H and O–H groups in total. The van der Waals surface area contributed by atoms with Crippen LogP contribution in [0.4, 0.5) is 19.0 Å². The Hall–Kier alpha value is -2.17. The number of nitrogens with zero attached hydrogens (tertiary/aromatic N) is 4. The van der Waals surface area contributed by atoms with Crippen LogP contribution >= 0.6 is 0 Å². The average Bonchev–Trinajstić information content (AvgIpc) is 2.94. The second-order valence-electron chi connectivity index (χ2n) is 9.58.